The number of nitrogens with zero attached hydrogens (tertiary/aromatic N) is 1. The van der Waals surface area contributed by atoms with Crippen LogP contribution in [0.1, 0.15) is 28.7 Å². The highest BCUT2D eigenvalue weighted by Crippen LogP contribution is 2.22. The Morgan fingerprint density at radius 2 is 1.64 bits per heavy atom. The molecule has 0 saturated carbocycles. The van der Waals surface area contributed by atoms with Crippen molar-refractivity contribution in [3.8, 4) is 0 Å². The van der Waals surface area contributed by atoms with E-state index in [4.69, 9.17) is 0 Å². The smallest absolute Gasteiger partial charge is 0.191 e. The zero-order valence-electron chi connectivity index (χ0n) is 13.1. The first-order chi connectivity index (χ1) is 10.8. The molecule has 3 heteroatoms. The molecule has 0 radical (unpaired) electrons. The number of aryl methyl sites for hydroxylation is 2. The quantitative estimate of drug-likeness (QED) is 0.671. The average Bonchev–Trinajstić information content (AvgIpc) is 3.03. The second kappa shape index (κ2) is 7.12. The lowest BCUT2D eigenvalue weighted by molar-refractivity contribution is 0.808. The van der Waals surface area contributed by atoms with Crippen molar-refractivity contribution in [3.05, 3.63) is 70.8 Å². The van der Waals surface area contributed by atoms with Gasteiger partial charge in [0.25, 0.3) is 0 Å². The van der Waals surface area contributed by atoms with E-state index in [1.807, 2.05) is 13.1 Å². The van der Waals surface area contributed by atoms with Gasteiger partial charge >= 0.3 is 0 Å². The summed E-state index contributed by atoms with van der Waals surface area (Å²) >= 11 is 0. The Hall–Kier alpha value is -2.29. The molecule has 0 saturated heterocycles. The van der Waals surface area contributed by atoms with Crippen LogP contribution in [0, 0.1) is 0 Å². The summed E-state index contributed by atoms with van der Waals surface area (Å²) in [6.45, 7) is 1.59. The van der Waals surface area contributed by atoms with Crippen LogP contribution in [-0.2, 0) is 25.9 Å². The Balaban J connectivity index is 1.53. The van der Waals surface area contributed by atoms with Crippen LogP contribution in [0.25, 0.3) is 0 Å². The van der Waals surface area contributed by atoms with Crippen LogP contribution >= 0.6 is 0 Å². The highest BCUT2D eigenvalue weighted by molar-refractivity contribution is 5.79. The minimum atomic E-state index is 0.782. The van der Waals surface area contributed by atoms with Gasteiger partial charge in [-0.25, -0.2) is 0 Å². The van der Waals surface area contributed by atoms with Gasteiger partial charge in [0.05, 0.1) is 0 Å². The highest BCUT2D eigenvalue weighted by Gasteiger charge is 2.10. The third-order valence-corrected chi connectivity index (χ3v) is 4.15. The van der Waals surface area contributed by atoms with Crippen LogP contribution in [0.5, 0.6) is 0 Å². The largest absolute Gasteiger partial charge is 0.352 e. The van der Waals surface area contributed by atoms with E-state index < -0.39 is 0 Å². The average molecular weight is 293 g/mol. The van der Waals surface area contributed by atoms with E-state index in [1.54, 1.807) is 0 Å². The predicted octanol–water partition coefficient (Wildman–Crippen LogP) is 3.04. The molecular formula is C19H23N3. The summed E-state index contributed by atoms with van der Waals surface area (Å²) in [5.74, 6) is 0.837. The minimum Gasteiger partial charge on any atom is -0.352 e. The lowest BCUT2D eigenvalue weighted by Crippen LogP contribution is -2.36. The molecule has 0 spiro atoms. The Kier molecular flexibility index (Phi) is 4.74. The number of hydrogen-bond acceptors (Lipinski definition) is 1. The van der Waals surface area contributed by atoms with E-state index in [0.717, 1.165) is 19.0 Å². The number of nitrogens with one attached hydrogen (secondary N) is 2. The molecule has 3 nitrogen and oxygen atoms in total. The van der Waals surface area contributed by atoms with E-state index >= 15 is 0 Å². The number of benzene rings is 2. The van der Waals surface area contributed by atoms with Crippen molar-refractivity contribution in [2.45, 2.75) is 32.4 Å². The molecule has 22 heavy (non-hydrogen) atoms. The Morgan fingerprint density at radius 1 is 0.909 bits per heavy atom. The normalized spacial score (nSPS) is 13.8. The van der Waals surface area contributed by atoms with Crippen LogP contribution < -0.4 is 10.6 Å². The zero-order chi connectivity index (χ0) is 15.2. The van der Waals surface area contributed by atoms with Gasteiger partial charge in [-0.3, -0.25) is 4.99 Å². The lowest BCUT2D eigenvalue weighted by atomic mass is 10.1. The van der Waals surface area contributed by atoms with Crippen molar-refractivity contribution in [2.24, 2.45) is 4.99 Å². The SMILES string of the molecule is CN=C(NCc1ccccc1)NCc1ccc2c(c1)CCC2. The van der Waals surface area contributed by atoms with Gasteiger partial charge in [0.1, 0.15) is 0 Å². The maximum Gasteiger partial charge on any atom is 0.191 e. The van der Waals surface area contributed by atoms with Crippen molar-refractivity contribution in [1.82, 2.24) is 10.6 Å². The molecule has 2 N–H and O–H groups in total. The summed E-state index contributed by atoms with van der Waals surface area (Å²) in [6.07, 6.45) is 3.76. The monoisotopic (exact) mass is 293 g/mol. The van der Waals surface area contributed by atoms with Gasteiger partial charge in [-0.05, 0) is 41.5 Å². The molecule has 1 aliphatic carbocycles. The molecule has 2 aromatic rings. The summed E-state index contributed by atoms with van der Waals surface area (Å²) in [6, 6.07) is 17.2. The fourth-order valence-electron chi connectivity index (χ4n) is 2.92. The summed E-state index contributed by atoms with van der Waals surface area (Å²) in [5.41, 5.74) is 5.62. The molecule has 3 rings (SSSR count). The second-order valence-corrected chi connectivity index (χ2v) is 5.72. The first-order valence-electron chi connectivity index (χ1n) is 7.94. The molecular weight excluding hydrogens is 270 g/mol. The van der Waals surface area contributed by atoms with Gasteiger partial charge < -0.3 is 10.6 Å². The molecule has 0 heterocycles. The third kappa shape index (κ3) is 3.67. The Bertz CT molecular complexity index is 647. The van der Waals surface area contributed by atoms with Crippen LogP contribution in [-0.4, -0.2) is 13.0 Å². The summed E-state index contributed by atoms with van der Waals surface area (Å²) in [5, 5.41) is 6.73. The molecule has 0 bridgehead atoms. The van der Waals surface area contributed by atoms with E-state index in [9.17, 15) is 0 Å². The van der Waals surface area contributed by atoms with E-state index in [2.05, 4.69) is 58.1 Å². The lowest BCUT2D eigenvalue weighted by Gasteiger charge is -2.12. The maximum atomic E-state index is 4.29. The van der Waals surface area contributed by atoms with Gasteiger partial charge in [0.15, 0.2) is 5.96 Å². The molecule has 0 amide bonds. The predicted molar refractivity (Wildman–Crippen MR) is 91.9 cm³/mol. The van der Waals surface area contributed by atoms with Crippen molar-refractivity contribution >= 4 is 5.96 Å². The minimum absolute atomic E-state index is 0.782. The first kappa shape index (κ1) is 14.6. The van der Waals surface area contributed by atoms with E-state index in [1.165, 1.54) is 41.5 Å². The van der Waals surface area contributed by atoms with Gasteiger partial charge in [-0.2, -0.15) is 0 Å². The third-order valence-electron chi connectivity index (χ3n) is 4.15. The fourth-order valence-corrected chi connectivity index (χ4v) is 2.92. The topological polar surface area (TPSA) is 36.4 Å². The molecule has 2 aromatic carbocycles. The molecule has 114 valence electrons. The first-order valence-corrected chi connectivity index (χ1v) is 7.94. The number of aliphatic imine (C=N–C) groups is 1. The van der Waals surface area contributed by atoms with Crippen LogP contribution in [0.4, 0.5) is 0 Å². The van der Waals surface area contributed by atoms with Crippen molar-refractivity contribution in [3.63, 3.8) is 0 Å². The van der Waals surface area contributed by atoms with Gasteiger partial charge in [-0.15, -0.1) is 0 Å². The summed E-state index contributed by atoms with van der Waals surface area (Å²) in [4.78, 5) is 4.29. The van der Waals surface area contributed by atoms with Gasteiger partial charge in [0, 0.05) is 20.1 Å². The molecule has 0 aromatic heterocycles. The molecule has 1 aliphatic rings. The molecule has 0 unspecified atom stereocenters. The molecule has 0 fully saturated rings. The van der Waals surface area contributed by atoms with Crippen molar-refractivity contribution in [2.75, 3.05) is 7.05 Å². The number of rotatable bonds is 4. The van der Waals surface area contributed by atoms with Gasteiger partial charge in [0.2, 0.25) is 0 Å². The highest BCUT2D eigenvalue weighted by atomic mass is 15.2. The fraction of sp³-hybridized carbons (Fsp3) is 0.316. The zero-order valence-corrected chi connectivity index (χ0v) is 13.1. The molecule has 0 atom stereocenters. The van der Waals surface area contributed by atoms with Crippen molar-refractivity contribution in [1.29, 1.82) is 0 Å². The van der Waals surface area contributed by atoms with E-state index in [-0.39, 0.29) is 0 Å². The number of hydrogen-bond donors (Lipinski definition) is 2. The van der Waals surface area contributed by atoms with Crippen molar-refractivity contribution < 1.29 is 0 Å². The standard InChI is InChI=1S/C19H23N3/c1-20-19(21-13-15-6-3-2-4-7-15)22-14-16-10-11-17-8-5-9-18(17)12-16/h2-4,6-7,10-12H,5,8-9,13-14H2,1H3,(H2,20,21,22). The van der Waals surface area contributed by atoms with Gasteiger partial charge in [-0.1, -0.05) is 48.5 Å². The van der Waals surface area contributed by atoms with Crippen LogP contribution in [0.3, 0.4) is 0 Å². The maximum absolute atomic E-state index is 4.29. The molecule has 0 aliphatic heterocycles. The number of fused-ring (bicyclic) bond motifs is 1. The summed E-state index contributed by atoms with van der Waals surface area (Å²) < 4.78 is 0. The Labute approximate surface area is 132 Å². The second-order valence-electron chi connectivity index (χ2n) is 5.72. The van der Waals surface area contributed by atoms with Crippen LogP contribution in [0.2, 0.25) is 0 Å². The van der Waals surface area contributed by atoms with E-state index in [0.29, 0.717) is 0 Å². The Morgan fingerprint density at radius 3 is 2.41 bits per heavy atom. The van der Waals surface area contributed by atoms with Crippen LogP contribution in [0.15, 0.2) is 53.5 Å². The summed E-state index contributed by atoms with van der Waals surface area (Å²) in [7, 11) is 1.81. The number of guanidine groups is 1.